The van der Waals surface area contributed by atoms with Gasteiger partial charge in [-0.15, -0.1) is 0 Å². The first kappa shape index (κ1) is 20.7. The molecule has 2 N–H and O–H groups in total. The van der Waals surface area contributed by atoms with Crippen LogP contribution in [0.5, 0.6) is 5.75 Å². The molecule has 2 aromatic carbocycles. The first-order valence-corrected chi connectivity index (χ1v) is 11.4. The van der Waals surface area contributed by atoms with E-state index in [0.29, 0.717) is 17.4 Å². The van der Waals surface area contributed by atoms with E-state index in [2.05, 4.69) is 10.0 Å². The van der Waals surface area contributed by atoms with Gasteiger partial charge in [-0.1, -0.05) is 17.7 Å². The standard InChI is InChI=1S/C22H30N2O3S/c1-15(2)27-22-14-20(18-9-11-23-12-10-18)17(4)13-21(22)24-28(25,26)19-7-5-16(3)6-8-19/h5-8,13-15,18,23-24H,9-12H2,1-4H3. The van der Waals surface area contributed by atoms with Crippen LogP contribution in [0.1, 0.15) is 49.3 Å². The van der Waals surface area contributed by atoms with Crippen molar-refractivity contribution in [2.45, 2.75) is 57.5 Å². The average molecular weight is 403 g/mol. The lowest BCUT2D eigenvalue weighted by molar-refractivity contribution is 0.243. The summed E-state index contributed by atoms with van der Waals surface area (Å²) in [5, 5.41) is 3.39. The fourth-order valence-electron chi connectivity index (χ4n) is 3.63. The van der Waals surface area contributed by atoms with Crippen molar-refractivity contribution in [2.75, 3.05) is 17.8 Å². The van der Waals surface area contributed by atoms with E-state index in [1.54, 1.807) is 24.3 Å². The minimum absolute atomic E-state index is 0.0498. The number of ether oxygens (including phenoxy) is 1. The number of sulfonamides is 1. The lowest BCUT2D eigenvalue weighted by atomic mass is 9.87. The van der Waals surface area contributed by atoms with Gasteiger partial charge >= 0.3 is 0 Å². The summed E-state index contributed by atoms with van der Waals surface area (Å²) in [6.45, 7) is 9.88. The number of aryl methyl sites for hydroxylation is 2. The van der Waals surface area contributed by atoms with Gasteiger partial charge in [0.2, 0.25) is 0 Å². The summed E-state index contributed by atoms with van der Waals surface area (Å²) >= 11 is 0. The van der Waals surface area contributed by atoms with Gasteiger partial charge in [0.25, 0.3) is 10.0 Å². The van der Waals surface area contributed by atoms with Crippen LogP contribution in [0.25, 0.3) is 0 Å². The maximum Gasteiger partial charge on any atom is 0.262 e. The van der Waals surface area contributed by atoms with Crippen molar-refractivity contribution in [3.05, 3.63) is 53.1 Å². The smallest absolute Gasteiger partial charge is 0.262 e. The normalized spacial score (nSPS) is 15.6. The van der Waals surface area contributed by atoms with Crippen molar-refractivity contribution in [3.63, 3.8) is 0 Å². The minimum Gasteiger partial charge on any atom is -0.489 e. The number of nitrogens with one attached hydrogen (secondary N) is 2. The zero-order valence-electron chi connectivity index (χ0n) is 17.1. The molecular formula is C22H30N2O3S. The second-order valence-corrected chi connectivity index (χ2v) is 9.50. The molecule has 2 aromatic rings. The van der Waals surface area contributed by atoms with Gasteiger partial charge in [0.15, 0.2) is 0 Å². The van der Waals surface area contributed by atoms with E-state index in [1.807, 2.05) is 39.8 Å². The number of hydrogen-bond donors (Lipinski definition) is 2. The first-order chi connectivity index (χ1) is 13.3. The first-order valence-electron chi connectivity index (χ1n) is 9.87. The summed E-state index contributed by atoms with van der Waals surface area (Å²) in [4.78, 5) is 0.244. The molecule has 0 bridgehead atoms. The van der Waals surface area contributed by atoms with Crippen LogP contribution in [0.15, 0.2) is 41.3 Å². The van der Waals surface area contributed by atoms with Gasteiger partial charge in [0.1, 0.15) is 5.75 Å². The van der Waals surface area contributed by atoms with E-state index in [1.165, 1.54) is 5.56 Å². The highest BCUT2D eigenvalue weighted by molar-refractivity contribution is 7.92. The lowest BCUT2D eigenvalue weighted by Crippen LogP contribution is -2.27. The third kappa shape index (κ3) is 4.86. The van der Waals surface area contributed by atoms with Crippen LogP contribution in [0.4, 0.5) is 5.69 Å². The number of anilines is 1. The monoisotopic (exact) mass is 402 g/mol. The van der Waals surface area contributed by atoms with Gasteiger partial charge in [-0.2, -0.15) is 0 Å². The fraction of sp³-hybridized carbons (Fsp3) is 0.455. The third-order valence-corrected chi connectivity index (χ3v) is 6.47. The Hall–Kier alpha value is -2.05. The van der Waals surface area contributed by atoms with E-state index in [0.717, 1.165) is 37.1 Å². The van der Waals surface area contributed by atoms with Crippen LogP contribution >= 0.6 is 0 Å². The molecule has 1 fully saturated rings. The van der Waals surface area contributed by atoms with Crippen molar-refractivity contribution < 1.29 is 13.2 Å². The van der Waals surface area contributed by atoms with Crippen LogP contribution in [-0.2, 0) is 10.0 Å². The number of rotatable bonds is 6. The Bertz CT molecular complexity index is 916. The second kappa shape index (κ2) is 8.53. The quantitative estimate of drug-likeness (QED) is 0.753. The van der Waals surface area contributed by atoms with Crippen molar-refractivity contribution in [1.82, 2.24) is 5.32 Å². The van der Waals surface area contributed by atoms with Crippen molar-refractivity contribution in [1.29, 1.82) is 0 Å². The van der Waals surface area contributed by atoms with E-state index in [-0.39, 0.29) is 11.0 Å². The van der Waals surface area contributed by atoms with Crippen LogP contribution < -0.4 is 14.8 Å². The third-order valence-electron chi connectivity index (χ3n) is 5.09. The Morgan fingerprint density at radius 1 is 1.07 bits per heavy atom. The molecule has 0 spiro atoms. The molecule has 0 aliphatic carbocycles. The summed E-state index contributed by atoms with van der Waals surface area (Å²) in [6.07, 6.45) is 2.11. The molecule has 0 atom stereocenters. The molecule has 1 aliphatic heterocycles. The predicted octanol–water partition coefficient (Wildman–Crippen LogP) is 4.36. The minimum atomic E-state index is -3.68. The van der Waals surface area contributed by atoms with Gasteiger partial charge in [0, 0.05) is 0 Å². The fourth-order valence-corrected chi connectivity index (χ4v) is 4.69. The molecule has 0 amide bonds. The topological polar surface area (TPSA) is 67.4 Å². The Kier molecular flexibility index (Phi) is 6.30. The maximum atomic E-state index is 12.9. The van der Waals surface area contributed by atoms with Crippen molar-refractivity contribution in [2.24, 2.45) is 0 Å². The molecule has 1 heterocycles. The number of hydrogen-bond acceptors (Lipinski definition) is 4. The molecule has 0 aromatic heterocycles. The predicted molar refractivity (Wildman–Crippen MR) is 114 cm³/mol. The molecule has 0 saturated carbocycles. The SMILES string of the molecule is Cc1ccc(S(=O)(=O)Nc2cc(C)c(C3CCNCC3)cc2OC(C)C)cc1. The van der Waals surface area contributed by atoms with E-state index in [4.69, 9.17) is 4.74 Å². The van der Waals surface area contributed by atoms with Gasteiger partial charge in [-0.3, -0.25) is 4.72 Å². The highest BCUT2D eigenvalue weighted by Gasteiger charge is 2.22. The number of piperidine rings is 1. The average Bonchev–Trinajstić information content (AvgIpc) is 2.64. The molecular weight excluding hydrogens is 372 g/mol. The zero-order valence-corrected chi connectivity index (χ0v) is 17.9. The highest BCUT2D eigenvalue weighted by atomic mass is 32.2. The molecule has 1 aliphatic rings. The summed E-state index contributed by atoms with van der Waals surface area (Å²) in [7, 11) is -3.68. The Morgan fingerprint density at radius 3 is 2.32 bits per heavy atom. The highest BCUT2D eigenvalue weighted by Crippen LogP contribution is 2.37. The maximum absolute atomic E-state index is 12.9. The van der Waals surface area contributed by atoms with E-state index < -0.39 is 10.0 Å². The zero-order chi connectivity index (χ0) is 20.3. The van der Waals surface area contributed by atoms with E-state index >= 15 is 0 Å². The Morgan fingerprint density at radius 2 is 1.71 bits per heavy atom. The molecule has 1 saturated heterocycles. The summed E-state index contributed by atoms with van der Waals surface area (Å²) in [6, 6.07) is 10.8. The lowest BCUT2D eigenvalue weighted by Gasteiger charge is -2.26. The van der Waals surface area contributed by atoms with Gasteiger partial charge < -0.3 is 10.1 Å². The molecule has 3 rings (SSSR count). The van der Waals surface area contributed by atoms with Crippen LogP contribution in [0.3, 0.4) is 0 Å². The molecule has 152 valence electrons. The van der Waals surface area contributed by atoms with Crippen LogP contribution in [0.2, 0.25) is 0 Å². The Labute approximate surface area is 168 Å². The van der Waals surface area contributed by atoms with Gasteiger partial charge in [-0.05, 0) is 94.9 Å². The number of benzene rings is 2. The van der Waals surface area contributed by atoms with Crippen LogP contribution in [-0.4, -0.2) is 27.6 Å². The molecule has 5 nitrogen and oxygen atoms in total. The second-order valence-electron chi connectivity index (χ2n) is 7.81. The summed E-state index contributed by atoms with van der Waals surface area (Å²) in [5.41, 5.74) is 3.84. The summed E-state index contributed by atoms with van der Waals surface area (Å²) < 4.78 is 34.5. The van der Waals surface area contributed by atoms with Crippen molar-refractivity contribution >= 4 is 15.7 Å². The summed E-state index contributed by atoms with van der Waals surface area (Å²) in [5.74, 6) is 1.06. The molecule has 28 heavy (non-hydrogen) atoms. The van der Waals surface area contributed by atoms with Crippen LogP contribution in [0, 0.1) is 13.8 Å². The molecule has 6 heteroatoms. The van der Waals surface area contributed by atoms with Crippen molar-refractivity contribution in [3.8, 4) is 5.75 Å². The van der Waals surface area contributed by atoms with Gasteiger partial charge in [-0.25, -0.2) is 8.42 Å². The van der Waals surface area contributed by atoms with E-state index in [9.17, 15) is 8.42 Å². The largest absolute Gasteiger partial charge is 0.489 e. The Balaban J connectivity index is 1.96. The molecule has 0 unspecified atom stereocenters. The van der Waals surface area contributed by atoms with Gasteiger partial charge in [0.05, 0.1) is 16.7 Å². The molecule has 0 radical (unpaired) electrons.